The molecule has 5 N–H and O–H groups in total. The van der Waals surface area contributed by atoms with Crippen molar-refractivity contribution >= 4 is 23.6 Å². The van der Waals surface area contributed by atoms with Gasteiger partial charge in [0.25, 0.3) is 5.91 Å². The number of anilines is 1. The predicted octanol–water partition coefficient (Wildman–Crippen LogP) is 0.457. The van der Waals surface area contributed by atoms with Gasteiger partial charge < -0.3 is 16.2 Å². The molecule has 108 valence electrons. The topological polar surface area (TPSA) is 125 Å². The number of imide groups is 1. The first-order valence-electron chi connectivity index (χ1n) is 5.59. The van der Waals surface area contributed by atoms with Gasteiger partial charge in [0, 0.05) is 11.3 Å². The summed E-state index contributed by atoms with van der Waals surface area (Å²) in [6.45, 7) is 2.70. The molecule has 0 aliphatic heterocycles. The van der Waals surface area contributed by atoms with E-state index in [1.807, 2.05) is 0 Å². The minimum atomic E-state index is -1.26. The lowest BCUT2D eigenvalue weighted by Gasteiger charge is -2.12. The first kappa shape index (κ1) is 15.4. The molecule has 0 radical (unpaired) electrons. The molecule has 0 fully saturated rings. The molecule has 0 spiro atoms. The maximum absolute atomic E-state index is 13.4. The minimum Gasteiger partial charge on any atom is -0.449 e. The molecule has 0 saturated heterocycles. The number of rotatable bonds is 3. The Bertz CT molecular complexity index is 551. The zero-order valence-electron chi connectivity index (χ0n) is 10.9. The molecule has 1 aromatic rings. The number of primary amides is 1. The summed E-state index contributed by atoms with van der Waals surface area (Å²) in [5, 5.41) is 1.76. The summed E-state index contributed by atoms with van der Waals surface area (Å²) < 4.78 is 18.2. The average molecular weight is 283 g/mol. The summed E-state index contributed by atoms with van der Waals surface area (Å²) in [5.74, 6) is -2.49. The number of amides is 3. The number of nitrogens with two attached hydrogens (primary N) is 2. The normalized spacial score (nSPS) is 11.6. The van der Waals surface area contributed by atoms with Crippen molar-refractivity contribution in [2.24, 2.45) is 5.73 Å². The van der Waals surface area contributed by atoms with Crippen LogP contribution in [0.1, 0.15) is 22.8 Å². The lowest BCUT2D eigenvalue weighted by Crippen LogP contribution is -2.42. The van der Waals surface area contributed by atoms with E-state index >= 15 is 0 Å². The van der Waals surface area contributed by atoms with Crippen LogP contribution in [0.4, 0.5) is 14.9 Å². The molecule has 20 heavy (non-hydrogen) atoms. The van der Waals surface area contributed by atoms with Crippen molar-refractivity contribution in [2.75, 3.05) is 5.73 Å². The third-order valence-electron chi connectivity index (χ3n) is 2.52. The summed E-state index contributed by atoms with van der Waals surface area (Å²) in [6.07, 6.45) is -1.26. The van der Waals surface area contributed by atoms with Gasteiger partial charge in [-0.2, -0.15) is 0 Å². The molecular formula is C12H14FN3O4. The Hall–Kier alpha value is -2.64. The number of nitrogens with one attached hydrogen (secondary N) is 1. The third-order valence-corrected chi connectivity index (χ3v) is 2.52. The lowest BCUT2D eigenvalue weighted by molar-refractivity contribution is -0.127. The molecule has 1 unspecified atom stereocenters. The molecule has 0 bridgehead atoms. The number of hydrogen-bond acceptors (Lipinski definition) is 5. The van der Waals surface area contributed by atoms with Gasteiger partial charge in [-0.3, -0.25) is 10.1 Å². The number of esters is 1. The van der Waals surface area contributed by atoms with E-state index in [4.69, 9.17) is 16.2 Å². The third kappa shape index (κ3) is 3.67. The van der Waals surface area contributed by atoms with Gasteiger partial charge in [-0.15, -0.1) is 0 Å². The van der Waals surface area contributed by atoms with E-state index in [9.17, 15) is 18.8 Å². The van der Waals surface area contributed by atoms with Crippen LogP contribution < -0.4 is 16.8 Å². The highest BCUT2D eigenvalue weighted by Gasteiger charge is 2.21. The van der Waals surface area contributed by atoms with Crippen molar-refractivity contribution < 1.29 is 23.5 Å². The molecule has 8 heteroatoms. The van der Waals surface area contributed by atoms with Gasteiger partial charge in [0.05, 0.1) is 5.56 Å². The highest BCUT2D eigenvalue weighted by Crippen LogP contribution is 2.18. The molecule has 1 aromatic carbocycles. The number of nitrogen functional groups attached to an aromatic ring is 1. The van der Waals surface area contributed by atoms with Crippen molar-refractivity contribution in [3.63, 3.8) is 0 Å². The summed E-state index contributed by atoms with van der Waals surface area (Å²) in [4.78, 5) is 33.5. The van der Waals surface area contributed by atoms with E-state index in [-0.39, 0.29) is 16.8 Å². The van der Waals surface area contributed by atoms with Crippen LogP contribution in [0.3, 0.4) is 0 Å². The zero-order valence-corrected chi connectivity index (χ0v) is 10.9. The molecule has 0 aromatic heterocycles. The molecule has 0 saturated carbocycles. The van der Waals surface area contributed by atoms with Gasteiger partial charge in [0.1, 0.15) is 5.82 Å². The van der Waals surface area contributed by atoms with Gasteiger partial charge in [0.15, 0.2) is 6.10 Å². The van der Waals surface area contributed by atoms with Crippen molar-refractivity contribution in [3.05, 3.63) is 29.1 Å². The van der Waals surface area contributed by atoms with Crippen LogP contribution in [-0.4, -0.2) is 24.0 Å². The van der Waals surface area contributed by atoms with Gasteiger partial charge in [0.2, 0.25) is 0 Å². The number of carbonyl (C=O) groups is 3. The molecule has 0 aliphatic rings. The zero-order chi connectivity index (χ0) is 15.4. The van der Waals surface area contributed by atoms with Crippen molar-refractivity contribution in [2.45, 2.75) is 20.0 Å². The Morgan fingerprint density at radius 1 is 1.35 bits per heavy atom. The number of halogens is 1. The standard InChI is InChI=1S/C12H14FN3O4/c1-5-8(13)3-7(4-9(5)14)11(18)20-6(2)10(17)16-12(15)19/h3-4,6H,14H2,1-2H3,(H3,15,16,17,19). The molecular weight excluding hydrogens is 269 g/mol. The highest BCUT2D eigenvalue weighted by atomic mass is 19.1. The Labute approximate surface area is 114 Å². The summed E-state index contributed by atoms with van der Waals surface area (Å²) in [5.41, 5.74) is 10.4. The van der Waals surface area contributed by atoms with Crippen molar-refractivity contribution in [3.8, 4) is 0 Å². The van der Waals surface area contributed by atoms with E-state index in [1.54, 1.807) is 5.32 Å². The molecule has 3 amide bonds. The smallest absolute Gasteiger partial charge is 0.339 e. The monoisotopic (exact) mass is 283 g/mol. The van der Waals surface area contributed by atoms with Crippen LogP contribution in [0.5, 0.6) is 0 Å². The number of ether oxygens (including phenoxy) is 1. The van der Waals surface area contributed by atoms with Crippen LogP contribution in [0.2, 0.25) is 0 Å². The summed E-state index contributed by atoms with van der Waals surface area (Å²) in [7, 11) is 0. The van der Waals surface area contributed by atoms with Gasteiger partial charge in [-0.25, -0.2) is 14.0 Å². The van der Waals surface area contributed by atoms with Crippen LogP contribution in [0.15, 0.2) is 12.1 Å². The summed E-state index contributed by atoms with van der Waals surface area (Å²) >= 11 is 0. The molecule has 7 nitrogen and oxygen atoms in total. The Morgan fingerprint density at radius 3 is 2.45 bits per heavy atom. The van der Waals surface area contributed by atoms with Gasteiger partial charge in [-0.05, 0) is 26.0 Å². The van der Waals surface area contributed by atoms with Crippen molar-refractivity contribution in [1.82, 2.24) is 5.32 Å². The quantitative estimate of drug-likeness (QED) is 0.549. The lowest BCUT2D eigenvalue weighted by atomic mass is 10.1. The first-order valence-corrected chi connectivity index (χ1v) is 5.59. The molecule has 0 aliphatic carbocycles. The fraction of sp³-hybridized carbons (Fsp3) is 0.250. The summed E-state index contributed by atoms with van der Waals surface area (Å²) in [6, 6.07) is 1.12. The van der Waals surface area contributed by atoms with E-state index in [0.29, 0.717) is 0 Å². The maximum Gasteiger partial charge on any atom is 0.339 e. The first-order chi connectivity index (χ1) is 9.22. The number of urea groups is 1. The van der Waals surface area contributed by atoms with Crippen LogP contribution in [0.25, 0.3) is 0 Å². The second-order valence-electron chi connectivity index (χ2n) is 4.07. The molecule has 0 heterocycles. The van der Waals surface area contributed by atoms with E-state index in [1.165, 1.54) is 19.9 Å². The van der Waals surface area contributed by atoms with Crippen molar-refractivity contribution in [1.29, 1.82) is 0 Å². The number of benzene rings is 1. The second-order valence-corrected chi connectivity index (χ2v) is 4.07. The van der Waals surface area contributed by atoms with E-state index in [2.05, 4.69) is 0 Å². The SMILES string of the molecule is Cc1c(N)cc(C(=O)OC(C)C(=O)NC(N)=O)cc1F. The Kier molecular flexibility index (Phi) is 4.63. The minimum absolute atomic E-state index is 0.0891. The van der Waals surface area contributed by atoms with E-state index < -0.39 is 29.8 Å². The van der Waals surface area contributed by atoms with Crippen LogP contribution in [0, 0.1) is 12.7 Å². The fourth-order valence-corrected chi connectivity index (χ4v) is 1.32. The molecule has 1 atom stereocenters. The van der Waals surface area contributed by atoms with Crippen LogP contribution >= 0.6 is 0 Å². The second kappa shape index (κ2) is 6.00. The number of carbonyl (C=O) groups excluding carboxylic acids is 3. The Balaban J connectivity index is 2.81. The van der Waals surface area contributed by atoms with Gasteiger partial charge >= 0.3 is 12.0 Å². The largest absolute Gasteiger partial charge is 0.449 e. The molecule has 1 rings (SSSR count). The predicted molar refractivity (Wildman–Crippen MR) is 68.2 cm³/mol. The fourth-order valence-electron chi connectivity index (χ4n) is 1.32. The average Bonchev–Trinajstić information content (AvgIpc) is 2.34. The van der Waals surface area contributed by atoms with E-state index in [0.717, 1.165) is 6.07 Å². The Morgan fingerprint density at radius 2 is 1.95 bits per heavy atom. The maximum atomic E-state index is 13.4. The van der Waals surface area contributed by atoms with Gasteiger partial charge in [-0.1, -0.05) is 0 Å². The number of hydrogen-bond donors (Lipinski definition) is 3. The highest BCUT2D eigenvalue weighted by molar-refractivity contribution is 5.98. The van der Waals surface area contributed by atoms with Crippen LogP contribution in [-0.2, 0) is 9.53 Å².